The van der Waals surface area contributed by atoms with Crippen molar-refractivity contribution in [2.24, 2.45) is 0 Å². The van der Waals surface area contributed by atoms with Crippen LogP contribution in [-0.2, 0) is 21.5 Å². The van der Waals surface area contributed by atoms with Crippen LogP contribution in [0.15, 0.2) is 66.7 Å². The van der Waals surface area contributed by atoms with Gasteiger partial charge in [0, 0.05) is 12.5 Å². The maximum atomic E-state index is 15.0. The second-order valence-electron chi connectivity index (χ2n) is 10.7. The van der Waals surface area contributed by atoms with E-state index in [1.807, 2.05) is 5.32 Å². The number of ether oxygens (including phenoxy) is 3. The van der Waals surface area contributed by atoms with Crippen molar-refractivity contribution in [1.29, 1.82) is 0 Å². The molecule has 5 nitrogen and oxygen atoms in total. The van der Waals surface area contributed by atoms with E-state index < -0.39 is 89.3 Å². The van der Waals surface area contributed by atoms with Crippen molar-refractivity contribution in [3.63, 3.8) is 0 Å². The third kappa shape index (κ3) is 7.09. The molecule has 1 amide bonds. The van der Waals surface area contributed by atoms with Crippen LogP contribution in [0.5, 0.6) is 11.5 Å². The lowest BCUT2D eigenvalue weighted by molar-refractivity contribution is -0.292. The third-order valence-electron chi connectivity index (χ3n) is 7.00. The first kappa shape index (κ1) is 35.7. The van der Waals surface area contributed by atoms with Crippen molar-refractivity contribution in [2.45, 2.75) is 68.5 Å². The minimum atomic E-state index is -6.15. The van der Waals surface area contributed by atoms with Crippen molar-refractivity contribution >= 4 is 5.91 Å². The summed E-state index contributed by atoms with van der Waals surface area (Å²) in [5.41, 5.74) is -8.37. The smallest absolute Gasteiger partial charge is 0.461 e. The van der Waals surface area contributed by atoms with Crippen LogP contribution in [0.25, 0.3) is 0 Å². The SMILES string of the molecule is CC(C)Oc1cc([C@@](Cc2ccccc2)(NC(=O)C2OC2(C(F)(F)F)C(F)(F)F)c2cc(F)cc(OC(F)(F)C(F)F)c2)ccc1F. The molecule has 0 aromatic heterocycles. The average Bonchev–Trinajstić information content (AvgIpc) is 3.72. The molecule has 1 fully saturated rings. The molecule has 3 aromatic rings. The number of amides is 1. The first-order chi connectivity index (χ1) is 21.6. The van der Waals surface area contributed by atoms with Gasteiger partial charge < -0.3 is 19.5 Å². The van der Waals surface area contributed by atoms with Crippen molar-refractivity contribution in [3.05, 3.63) is 95.1 Å². The van der Waals surface area contributed by atoms with Crippen LogP contribution in [0.2, 0.25) is 0 Å². The summed E-state index contributed by atoms with van der Waals surface area (Å²) in [6.45, 7) is 2.95. The summed E-state index contributed by atoms with van der Waals surface area (Å²) in [4.78, 5) is 13.4. The van der Waals surface area contributed by atoms with Crippen molar-refractivity contribution in [3.8, 4) is 11.5 Å². The highest BCUT2D eigenvalue weighted by molar-refractivity contribution is 5.87. The van der Waals surface area contributed by atoms with E-state index in [2.05, 4.69) is 9.47 Å². The Morgan fingerprint density at radius 3 is 2.02 bits per heavy atom. The van der Waals surface area contributed by atoms with E-state index in [1.165, 1.54) is 44.2 Å². The molecule has 1 aliphatic rings. The second-order valence-corrected chi connectivity index (χ2v) is 10.7. The molecule has 256 valence electrons. The number of carbonyl (C=O) groups excluding carboxylic acids is 1. The summed E-state index contributed by atoms with van der Waals surface area (Å²) < 4.78 is 179. The number of hydrogen-bond donors (Lipinski definition) is 1. The summed E-state index contributed by atoms with van der Waals surface area (Å²) >= 11 is 0. The summed E-state index contributed by atoms with van der Waals surface area (Å²) in [7, 11) is 0. The summed E-state index contributed by atoms with van der Waals surface area (Å²) in [5, 5.41) is 2.01. The summed E-state index contributed by atoms with van der Waals surface area (Å²) in [6.07, 6.45) is -26.5. The Balaban J connectivity index is 1.99. The molecule has 1 unspecified atom stereocenters. The van der Waals surface area contributed by atoms with E-state index in [-0.39, 0.29) is 17.2 Å². The lowest BCUT2D eigenvalue weighted by atomic mass is 9.77. The molecular formula is C30H23F12NO4. The van der Waals surface area contributed by atoms with Gasteiger partial charge in [-0.25, -0.2) is 8.78 Å². The highest BCUT2D eigenvalue weighted by atomic mass is 19.4. The number of epoxide rings is 1. The van der Waals surface area contributed by atoms with Crippen LogP contribution in [0.4, 0.5) is 52.7 Å². The Hall–Kier alpha value is -4.15. The van der Waals surface area contributed by atoms with Crippen molar-refractivity contribution in [1.82, 2.24) is 5.32 Å². The average molecular weight is 689 g/mol. The maximum Gasteiger partial charge on any atom is 0.461 e. The van der Waals surface area contributed by atoms with Crippen LogP contribution in [0.3, 0.4) is 0 Å². The van der Waals surface area contributed by atoms with Gasteiger partial charge >= 0.3 is 24.9 Å². The van der Waals surface area contributed by atoms with Gasteiger partial charge in [0.2, 0.25) is 0 Å². The fourth-order valence-electron chi connectivity index (χ4n) is 4.90. The van der Waals surface area contributed by atoms with E-state index in [0.29, 0.717) is 12.1 Å². The molecule has 47 heavy (non-hydrogen) atoms. The molecule has 1 heterocycles. The number of halogens is 12. The Labute approximate surface area is 258 Å². The Kier molecular flexibility index (Phi) is 9.47. The van der Waals surface area contributed by atoms with E-state index in [1.54, 1.807) is 0 Å². The van der Waals surface area contributed by atoms with Crippen LogP contribution in [-0.4, -0.2) is 48.6 Å². The number of alkyl halides is 10. The zero-order chi connectivity index (χ0) is 35.2. The first-order valence-electron chi connectivity index (χ1n) is 13.4. The molecule has 0 aliphatic carbocycles. The highest BCUT2D eigenvalue weighted by Crippen LogP contribution is 2.59. The molecule has 1 aliphatic heterocycles. The fourth-order valence-corrected chi connectivity index (χ4v) is 4.90. The number of benzene rings is 3. The molecule has 17 heteroatoms. The first-order valence-corrected chi connectivity index (χ1v) is 13.4. The normalized spacial score (nSPS) is 17.7. The van der Waals surface area contributed by atoms with Crippen molar-refractivity contribution < 1.29 is 71.7 Å². The van der Waals surface area contributed by atoms with Gasteiger partial charge in [-0.3, -0.25) is 4.79 Å². The predicted octanol–water partition coefficient (Wildman–Crippen LogP) is 7.85. The lowest BCUT2D eigenvalue weighted by Gasteiger charge is -2.37. The number of nitrogens with one attached hydrogen (secondary N) is 1. The number of rotatable bonds is 11. The molecule has 1 N–H and O–H groups in total. The van der Waals surface area contributed by atoms with Crippen molar-refractivity contribution in [2.75, 3.05) is 0 Å². The van der Waals surface area contributed by atoms with Crippen LogP contribution >= 0.6 is 0 Å². The van der Waals surface area contributed by atoms with Gasteiger partial charge in [0.15, 0.2) is 17.7 Å². The summed E-state index contributed by atoms with van der Waals surface area (Å²) in [6, 6.07) is 11.0. The molecule has 0 spiro atoms. The van der Waals surface area contributed by atoms with Gasteiger partial charge in [-0.05, 0) is 54.8 Å². The van der Waals surface area contributed by atoms with Gasteiger partial charge in [0.25, 0.3) is 11.5 Å². The summed E-state index contributed by atoms with van der Waals surface area (Å²) in [5.74, 6) is -6.32. The Morgan fingerprint density at radius 2 is 1.49 bits per heavy atom. The lowest BCUT2D eigenvalue weighted by Crippen LogP contribution is -2.55. The van der Waals surface area contributed by atoms with E-state index in [4.69, 9.17) is 4.74 Å². The van der Waals surface area contributed by atoms with Crippen LogP contribution < -0.4 is 14.8 Å². The topological polar surface area (TPSA) is 60.1 Å². The standard InChI is InChI=1S/C30H23F12NO4/c1-15(2)45-22-12-17(8-9-21(22)32)26(14-16-6-4-3-5-7-16,18-10-19(31)13-20(11-18)46-28(35,36)25(33)34)43-24(44)23-27(47-23,29(37,38)39)30(40,41)42/h3-13,15,23,25H,14H2,1-2H3,(H,43,44)/t23?,26-/m1/s1. The Bertz CT molecular complexity index is 1580. The molecule has 0 saturated carbocycles. The monoisotopic (exact) mass is 689 g/mol. The van der Waals surface area contributed by atoms with Gasteiger partial charge in [-0.2, -0.15) is 43.9 Å². The quantitative estimate of drug-likeness (QED) is 0.165. The molecule has 0 bridgehead atoms. The minimum Gasteiger partial charge on any atom is -0.488 e. The Morgan fingerprint density at radius 1 is 0.872 bits per heavy atom. The molecular weight excluding hydrogens is 666 g/mol. The third-order valence-corrected chi connectivity index (χ3v) is 7.00. The van der Waals surface area contributed by atoms with E-state index in [9.17, 15) is 53.1 Å². The molecule has 4 rings (SSSR count). The second kappa shape index (κ2) is 12.5. The van der Waals surface area contributed by atoms with E-state index >= 15 is 4.39 Å². The predicted molar refractivity (Wildman–Crippen MR) is 139 cm³/mol. The van der Waals surface area contributed by atoms with Crippen LogP contribution in [0.1, 0.15) is 30.5 Å². The molecule has 0 radical (unpaired) electrons. The highest BCUT2D eigenvalue weighted by Gasteiger charge is 2.89. The number of carbonyl (C=O) groups is 1. The van der Waals surface area contributed by atoms with Gasteiger partial charge in [-0.15, -0.1) is 0 Å². The molecule has 2 atom stereocenters. The minimum absolute atomic E-state index is 0.169. The van der Waals surface area contributed by atoms with Crippen LogP contribution in [0, 0.1) is 11.6 Å². The van der Waals surface area contributed by atoms with Gasteiger partial charge in [0.05, 0.1) is 11.6 Å². The van der Waals surface area contributed by atoms with Gasteiger partial charge in [-0.1, -0.05) is 36.4 Å². The van der Waals surface area contributed by atoms with E-state index in [0.717, 1.165) is 18.2 Å². The number of hydrogen-bond acceptors (Lipinski definition) is 4. The van der Waals surface area contributed by atoms with Gasteiger partial charge in [0.1, 0.15) is 11.6 Å². The largest absolute Gasteiger partial charge is 0.488 e. The zero-order valence-electron chi connectivity index (χ0n) is 24.0. The molecule has 3 aromatic carbocycles. The fraction of sp³-hybridized carbons (Fsp3) is 0.367. The maximum absolute atomic E-state index is 15.0. The molecule has 1 saturated heterocycles. The zero-order valence-corrected chi connectivity index (χ0v) is 24.0.